The molecule has 0 spiro atoms. The van der Waals surface area contributed by atoms with Gasteiger partial charge in [0.1, 0.15) is 30.2 Å². The summed E-state index contributed by atoms with van der Waals surface area (Å²) in [5, 5.41) is 40.0. The zero-order valence-corrected chi connectivity index (χ0v) is 14.0. The van der Waals surface area contributed by atoms with Gasteiger partial charge in [-0.3, -0.25) is 0 Å². The predicted molar refractivity (Wildman–Crippen MR) is 85.4 cm³/mol. The number of aliphatic hydroxyl groups excluding tert-OH is 4. The Bertz CT molecular complexity index is 708. The molecule has 0 aliphatic carbocycles. The highest BCUT2D eigenvalue weighted by atomic mass is 79.9. The lowest BCUT2D eigenvalue weighted by atomic mass is 9.99. The van der Waals surface area contributed by atoms with Crippen LogP contribution in [0.1, 0.15) is 0 Å². The van der Waals surface area contributed by atoms with Crippen molar-refractivity contribution in [1.29, 1.82) is 0 Å². The summed E-state index contributed by atoms with van der Waals surface area (Å²) in [6.45, 7) is -0.514. The Morgan fingerprint density at radius 1 is 1.22 bits per heavy atom. The normalized spacial score (nSPS) is 31.5. The monoisotopic (exact) mass is 407 g/mol. The van der Waals surface area contributed by atoms with Gasteiger partial charge in [-0.2, -0.15) is 0 Å². The molecule has 5 atom stereocenters. The third-order valence-electron chi connectivity index (χ3n) is 3.78. The van der Waals surface area contributed by atoms with Crippen molar-refractivity contribution in [3.05, 3.63) is 27.8 Å². The average molecular weight is 409 g/mol. The third kappa shape index (κ3) is 3.08. The minimum atomic E-state index is -1.49. The van der Waals surface area contributed by atoms with E-state index in [1.165, 1.54) is 0 Å². The van der Waals surface area contributed by atoms with E-state index in [2.05, 4.69) is 20.9 Å². The fraction of sp³-hybridized carbons (Fsp3) is 0.429. The van der Waals surface area contributed by atoms with E-state index >= 15 is 0 Å². The molecule has 5 N–H and O–H groups in total. The minimum absolute atomic E-state index is 0.377. The van der Waals surface area contributed by atoms with Crippen molar-refractivity contribution in [3.8, 4) is 5.75 Å². The number of halogens is 2. The second-order valence-corrected chi connectivity index (χ2v) is 6.54. The molecule has 1 aromatic carbocycles. The summed E-state index contributed by atoms with van der Waals surface area (Å²) >= 11 is 9.35. The van der Waals surface area contributed by atoms with Crippen molar-refractivity contribution in [2.24, 2.45) is 0 Å². The summed E-state index contributed by atoms with van der Waals surface area (Å²) < 4.78 is 11.6. The van der Waals surface area contributed by atoms with Gasteiger partial charge >= 0.3 is 0 Å². The van der Waals surface area contributed by atoms with Gasteiger partial charge in [0.25, 0.3) is 0 Å². The zero-order chi connectivity index (χ0) is 16.7. The maximum atomic E-state index is 10.0. The standard InChI is InChI=1S/C14H15BrClNO6/c15-6-1-5-8(2-7(6)16)17-3-9(5)22-14-13(21)12(20)11(19)10(4-18)23-14/h1-3,10-14,17-21H,4H2/t10-,11+,12?,13-,14+/m1/s1. The van der Waals surface area contributed by atoms with Gasteiger partial charge in [0.05, 0.1) is 17.1 Å². The fourth-order valence-corrected chi connectivity index (χ4v) is 2.99. The lowest BCUT2D eigenvalue weighted by Crippen LogP contribution is -2.60. The SMILES string of the molecule is OC[C@H]1O[C@H](Oc2c[nH]c3cc(Cl)c(Br)cc23)[C@H](O)C(O)[C@H]1O. The van der Waals surface area contributed by atoms with E-state index in [4.69, 9.17) is 21.1 Å². The van der Waals surface area contributed by atoms with Gasteiger partial charge in [-0.25, -0.2) is 0 Å². The zero-order valence-electron chi connectivity index (χ0n) is 11.7. The van der Waals surface area contributed by atoms with Crippen LogP contribution >= 0.6 is 27.5 Å². The molecule has 1 aromatic heterocycles. The summed E-state index contributed by atoms with van der Waals surface area (Å²) in [4.78, 5) is 2.98. The Morgan fingerprint density at radius 3 is 2.65 bits per heavy atom. The fourth-order valence-electron chi connectivity index (χ4n) is 2.48. The number of aromatic amines is 1. The van der Waals surface area contributed by atoms with Gasteiger partial charge in [-0.1, -0.05) is 11.6 Å². The highest BCUT2D eigenvalue weighted by molar-refractivity contribution is 9.10. The van der Waals surface area contributed by atoms with E-state index in [-0.39, 0.29) is 0 Å². The highest BCUT2D eigenvalue weighted by Crippen LogP contribution is 2.34. The van der Waals surface area contributed by atoms with Crippen molar-refractivity contribution in [2.45, 2.75) is 30.7 Å². The van der Waals surface area contributed by atoms with Crippen LogP contribution in [0.4, 0.5) is 0 Å². The van der Waals surface area contributed by atoms with Crippen LogP contribution in [0.3, 0.4) is 0 Å². The number of H-pyrrole nitrogens is 1. The summed E-state index contributed by atoms with van der Waals surface area (Å²) in [5.41, 5.74) is 0.720. The Morgan fingerprint density at radius 2 is 1.96 bits per heavy atom. The Kier molecular flexibility index (Phi) is 4.84. The van der Waals surface area contributed by atoms with E-state index in [1.807, 2.05) is 0 Å². The largest absolute Gasteiger partial charge is 0.460 e. The summed E-state index contributed by atoms with van der Waals surface area (Å²) in [6.07, 6.45) is -5.07. The summed E-state index contributed by atoms with van der Waals surface area (Å²) in [6, 6.07) is 3.45. The van der Waals surface area contributed by atoms with Crippen molar-refractivity contribution in [3.63, 3.8) is 0 Å². The van der Waals surface area contributed by atoms with Crippen LogP contribution in [0.25, 0.3) is 10.9 Å². The van der Waals surface area contributed by atoms with E-state index in [9.17, 15) is 20.4 Å². The molecule has 1 aliphatic rings. The van der Waals surface area contributed by atoms with Crippen LogP contribution in [0.5, 0.6) is 5.75 Å². The molecule has 1 fully saturated rings. The van der Waals surface area contributed by atoms with Crippen molar-refractivity contribution >= 4 is 38.4 Å². The number of fused-ring (bicyclic) bond motifs is 1. The van der Waals surface area contributed by atoms with Crippen LogP contribution in [0.2, 0.25) is 5.02 Å². The number of hydrogen-bond donors (Lipinski definition) is 5. The van der Waals surface area contributed by atoms with E-state index in [0.717, 1.165) is 5.52 Å². The second-order valence-electron chi connectivity index (χ2n) is 5.28. The molecule has 0 saturated carbocycles. The first-order valence-corrected chi connectivity index (χ1v) is 8.02. The van der Waals surface area contributed by atoms with Crippen LogP contribution in [0, 0.1) is 0 Å². The lowest BCUT2D eigenvalue weighted by Gasteiger charge is -2.39. The van der Waals surface area contributed by atoms with Crippen LogP contribution in [-0.2, 0) is 4.74 Å². The number of hydrogen-bond acceptors (Lipinski definition) is 6. The Balaban J connectivity index is 1.88. The molecule has 1 aliphatic heterocycles. The number of nitrogens with one attached hydrogen (secondary N) is 1. The average Bonchev–Trinajstić information content (AvgIpc) is 2.90. The topological polar surface area (TPSA) is 115 Å². The lowest BCUT2D eigenvalue weighted by molar-refractivity contribution is -0.277. The van der Waals surface area contributed by atoms with Crippen molar-refractivity contribution in [2.75, 3.05) is 6.61 Å². The van der Waals surface area contributed by atoms with Crippen LogP contribution < -0.4 is 4.74 Å². The molecule has 7 nitrogen and oxygen atoms in total. The number of aromatic nitrogens is 1. The molecule has 2 aromatic rings. The summed E-state index contributed by atoms with van der Waals surface area (Å²) in [7, 11) is 0. The molecule has 0 radical (unpaired) electrons. The smallest absolute Gasteiger partial charge is 0.229 e. The van der Waals surface area contributed by atoms with Gasteiger partial charge in [0.15, 0.2) is 0 Å². The number of aliphatic hydroxyl groups is 4. The molecular weight excluding hydrogens is 394 g/mol. The Hall–Kier alpha value is -0.870. The number of benzene rings is 1. The maximum Gasteiger partial charge on any atom is 0.229 e. The van der Waals surface area contributed by atoms with Crippen molar-refractivity contribution < 1.29 is 29.9 Å². The van der Waals surface area contributed by atoms with Crippen LogP contribution in [0.15, 0.2) is 22.8 Å². The third-order valence-corrected chi connectivity index (χ3v) is 4.97. The van der Waals surface area contributed by atoms with E-state index < -0.39 is 37.3 Å². The minimum Gasteiger partial charge on any atom is -0.460 e. The highest BCUT2D eigenvalue weighted by Gasteiger charge is 2.44. The molecule has 9 heteroatoms. The number of rotatable bonds is 3. The predicted octanol–water partition coefficient (Wildman–Crippen LogP) is 0.762. The molecule has 1 unspecified atom stereocenters. The van der Waals surface area contributed by atoms with Gasteiger partial charge in [-0.15, -0.1) is 0 Å². The second kappa shape index (κ2) is 6.56. The molecule has 0 amide bonds. The molecule has 23 heavy (non-hydrogen) atoms. The van der Waals surface area contributed by atoms with E-state index in [0.29, 0.717) is 20.6 Å². The van der Waals surface area contributed by atoms with Crippen molar-refractivity contribution in [1.82, 2.24) is 4.98 Å². The van der Waals surface area contributed by atoms with Gasteiger partial charge in [-0.05, 0) is 28.1 Å². The molecule has 126 valence electrons. The molecule has 0 bridgehead atoms. The first-order chi connectivity index (χ1) is 10.9. The first kappa shape index (κ1) is 17.0. The maximum absolute atomic E-state index is 10.0. The van der Waals surface area contributed by atoms with Crippen LogP contribution in [-0.4, -0.2) is 62.7 Å². The Labute approximate surface area is 144 Å². The first-order valence-electron chi connectivity index (χ1n) is 6.85. The molecular formula is C14H15BrClNO6. The quantitative estimate of drug-likeness (QED) is 0.512. The van der Waals surface area contributed by atoms with Gasteiger partial charge < -0.3 is 34.9 Å². The van der Waals surface area contributed by atoms with E-state index in [1.54, 1.807) is 18.3 Å². The molecule has 2 heterocycles. The summed E-state index contributed by atoms with van der Waals surface area (Å²) in [5.74, 6) is 0.377. The number of ether oxygens (including phenoxy) is 2. The molecule has 1 saturated heterocycles. The molecule has 3 rings (SSSR count). The van der Waals surface area contributed by atoms with Gasteiger partial charge in [0.2, 0.25) is 6.29 Å². The van der Waals surface area contributed by atoms with Gasteiger partial charge in [0, 0.05) is 16.1 Å².